The molecule has 0 bridgehead atoms. The van der Waals surface area contributed by atoms with Gasteiger partial charge < -0.3 is 25.5 Å². The van der Waals surface area contributed by atoms with Crippen molar-refractivity contribution < 1.29 is 43.9 Å². The number of aliphatic hydroxyl groups excluding tert-OH is 1. The quantitative estimate of drug-likeness (QED) is 0.574. The molecule has 0 aromatic heterocycles. The molecule has 0 saturated heterocycles. The van der Waals surface area contributed by atoms with Crippen molar-refractivity contribution in [1.82, 2.24) is 0 Å². The third-order valence-electron chi connectivity index (χ3n) is 2.74. The molecular formula is C15H12F2O7. The molecule has 0 aliphatic heterocycles. The van der Waals surface area contributed by atoms with Gasteiger partial charge in [-0.05, 0) is 18.2 Å². The van der Waals surface area contributed by atoms with Crippen LogP contribution in [0, 0.1) is 11.6 Å². The minimum Gasteiger partial charge on any atom is -0.507 e. The molecule has 9 heteroatoms. The molecular weight excluding hydrogens is 330 g/mol. The zero-order chi connectivity index (χ0) is 18.4. The van der Waals surface area contributed by atoms with E-state index in [2.05, 4.69) is 0 Å². The summed E-state index contributed by atoms with van der Waals surface area (Å²) in [7, 11) is 0. The van der Waals surface area contributed by atoms with Crippen LogP contribution in [-0.2, 0) is 4.79 Å². The molecule has 0 aliphatic rings. The van der Waals surface area contributed by atoms with Crippen LogP contribution >= 0.6 is 0 Å². The maximum Gasteiger partial charge on any atom is 0.343 e. The van der Waals surface area contributed by atoms with Gasteiger partial charge in [0.1, 0.15) is 17.1 Å². The van der Waals surface area contributed by atoms with E-state index in [0.717, 1.165) is 18.2 Å². The molecule has 0 radical (unpaired) electrons. The zero-order valence-electron chi connectivity index (χ0n) is 11.8. The van der Waals surface area contributed by atoms with Gasteiger partial charge >= 0.3 is 11.9 Å². The van der Waals surface area contributed by atoms with Gasteiger partial charge in [-0.2, -0.15) is 0 Å². The Balaban J connectivity index is 0.000000243. The van der Waals surface area contributed by atoms with Gasteiger partial charge in [-0.3, -0.25) is 0 Å². The largest absolute Gasteiger partial charge is 0.507 e. The number of carboxylic acids is 2. The normalized spacial score (nSPS) is 11.1. The molecule has 0 amide bonds. The molecule has 0 saturated carbocycles. The average Bonchev–Trinajstić information content (AvgIpc) is 2.49. The second-order valence-electron chi connectivity index (χ2n) is 4.36. The summed E-state index contributed by atoms with van der Waals surface area (Å²) in [5, 5.41) is 43.5. The van der Waals surface area contributed by atoms with Gasteiger partial charge in [0.05, 0.1) is 0 Å². The van der Waals surface area contributed by atoms with Gasteiger partial charge in [0.15, 0.2) is 17.7 Å². The average molecular weight is 342 g/mol. The Morgan fingerprint density at radius 2 is 1.42 bits per heavy atom. The number of aliphatic hydroxyl groups is 1. The van der Waals surface area contributed by atoms with E-state index in [9.17, 15) is 18.4 Å². The Bertz CT molecular complexity index is 741. The Labute approximate surface area is 133 Å². The van der Waals surface area contributed by atoms with Gasteiger partial charge in [0.2, 0.25) is 0 Å². The summed E-state index contributed by atoms with van der Waals surface area (Å²) < 4.78 is 25.3. The molecule has 24 heavy (non-hydrogen) atoms. The highest BCUT2D eigenvalue weighted by Crippen LogP contribution is 2.25. The fourth-order valence-electron chi connectivity index (χ4n) is 1.61. The van der Waals surface area contributed by atoms with E-state index >= 15 is 0 Å². The molecule has 1 unspecified atom stereocenters. The van der Waals surface area contributed by atoms with Crippen LogP contribution in [0.15, 0.2) is 36.4 Å². The van der Waals surface area contributed by atoms with Gasteiger partial charge in [-0.1, -0.05) is 18.2 Å². The fraction of sp³-hybridized carbons (Fsp3) is 0.0667. The molecule has 0 fully saturated rings. The lowest BCUT2D eigenvalue weighted by Crippen LogP contribution is -2.12. The lowest BCUT2D eigenvalue weighted by atomic mass is 10.1. The molecule has 5 N–H and O–H groups in total. The number of carbonyl (C=O) groups is 2. The van der Waals surface area contributed by atoms with Crippen LogP contribution in [-0.4, -0.2) is 37.5 Å². The Morgan fingerprint density at radius 3 is 1.83 bits per heavy atom. The number of hydrogen-bond donors (Lipinski definition) is 5. The Hall–Kier alpha value is -3.20. The predicted molar refractivity (Wildman–Crippen MR) is 75.7 cm³/mol. The fourth-order valence-corrected chi connectivity index (χ4v) is 1.61. The zero-order valence-corrected chi connectivity index (χ0v) is 11.8. The number of aromatic hydroxyl groups is 2. The monoisotopic (exact) mass is 342 g/mol. The lowest BCUT2D eigenvalue weighted by molar-refractivity contribution is -0.147. The third kappa shape index (κ3) is 4.40. The first-order chi connectivity index (χ1) is 11.2. The number of benzene rings is 2. The van der Waals surface area contributed by atoms with Crippen LogP contribution in [0.25, 0.3) is 0 Å². The van der Waals surface area contributed by atoms with Crippen LogP contribution < -0.4 is 0 Å². The predicted octanol–water partition coefficient (Wildman–Crippen LogP) is 1.88. The highest BCUT2D eigenvalue weighted by molar-refractivity contribution is 5.93. The summed E-state index contributed by atoms with van der Waals surface area (Å²) in [6, 6.07) is 6.73. The lowest BCUT2D eigenvalue weighted by Gasteiger charge is -2.06. The topological polar surface area (TPSA) is 135 Å². The van der Waals surface area contributed by atoms with Crippen LogP contribution in [0.1, 0.15) is 22.0 Å². The molecule has 0 heterocycles. The number of halogens is 2. The molecule has 128 valence electrons. The first-order valence-electron chi connectivity index (χ1n) is 6.25. The van der Waals surface area contributed by atoms with E-state index in [4.69, 9.17) is 25.5 Å². The molecule has 7 nitrogen and oxygen atoms in total. The molecule has 2 aromatic carbocycles. The molecule has 0 spiro atoms. The first-order valence-corrected chi connectivity index (χ1v) is 6.25. The Morgan fingerprint density at radius 1 is 0.917 bits per heavy atom. The van der Waals surface area contributed by atoms with Gasteiger partial charge in [0, 0.05) is 5.56 Å². The van der Waals surface area contributed by atoms with Crippen molar-refractivity contribution in [3.8, 4) is 11.5 Å². The number of aromatic carboxylic acids is 1. The SMILES string of the molecule is O=C(O)C(O)c1cccc(F)c1F.O=C(O)c1c(O)cccc1O. The number of hydrogen-bond acceptors (Lipinski definition) is 5. The first kappa shape index (κ1) is 18.8. The van der Waals surface area contributed by atoms with Crippen LogP contribution in [0.2, 0.25) is 0 Å². The number of carboxylic acid groups (broad SMARTS) is 2. The second-order valence-corrected chi connectivity index (χ2v) is 4.36. The summed E-state index contributed by atoms with van der Waals surface area (Å²) in [6.07, 6.45) is -2.03. The molecule has 2 rings (SSSR count). The van der Waals surface area contributed by atoms with E-state index in [-0.39, 0.29) is 0 Å². The highest BCUT2D eigenvalue weighted by atomic mass is 19.2. The second kappa shape index (κ2) is 7.88. The van der Waals surface area contributed by atoms with E-state index in [1.54, 1.807) is 0 Å². The Kier molecular flexibility index (Phi) is 6.19. The summed E-state index contributed by atoms with van der Waals surface area (Å²) in [5.74, 6) is -6.35. The molecule has 1 atom stereocenters. The van der Waals surface area contributed by atoms with Crippen LogP contribution in [0.4, 0.5) is 8.78 Å². The van der Waals surface area contributed by atoms with Crippen LogP contribution in [0.5, 0.6) is 11.5 Å². The van der Waals surface area contributed by atoms with Crippen LogP contribution in [0.3, 0.4) is 0 Å². The molecule has 0 aliphatic carbocycles. The maximum absolute atomic E-state index is 12.8. The van der Waals surface area contributed by atoms with E-state index in [0.29, 0.717) is 0 Å². The van der Waals surface area contributed by atoms with E-state index in [1.807, 2.05) is 0 Å². The smallest absolute Gasteiger partial charge is 0.343 e. The maximum atomic E-state index is 12.8. The van der Waals surface area contributed by atoms with E-state index < -0.39 is 52.3 Å². The highest BCUT2D eigenvalue weighted by Gasteiger charge is 2.21. The summed E-state index contributed by atoms with van der Waals surface area (Å²) >= 11 is 0. The van der Waals surface area contributed by atoms with E-state index in [1.165, 1.54) is 18.2 Å². The summed E-state index contributed by atoms with van der Waals surface area (Å²) in [6.45, 7) is 0. The standard InChI is InChI=1S/C8H6F2O3.C7H6O4/c9-5-3-1-2-4(6(5)10)7(11)8(12)13;8-4-2-1-3-5(9)6(4)7(10)11/h1-3,7,11H,(H,12,13);1-3,8-9H,(H,10,11). The minimum absolute atomic E-state index is 0.433. The van der Waals surface area contributed by atoms with Gasteiger partial charge in [-0.15, -0.1) is 0 Å². The number of phenols is 2. The van der Waals surface area contributed by atoms with Gasteiger partial charge in [0.25, 0.3) is 0 Å². The minimum atomic E-state index is -2.03. The number of rotatable bonds is 3. The van der Waals surface area contributed by atoms with Crippen molar-refractivity contribution in [3.05, 3.63) is 59.2 Å². The number of aliphatic carboxylic acids is 1. The van der Waals surface area contributed by atoms with Crippen molar-refractivity contribution in [2.45, 2.75) is 6.10 Å². The van der Waals surface area contributed by atoms with Crippen molar-refractivity contribution in [2.75, 3.05) is 0 Å². The molecule has 2 aromatic rings. The summed E-state index contributed by atoms with van der Waals surface area (Å²) in [4.78, 5) is 20.5. The van der Waals surface area contributed by atoms with Crippen molar-refractivity contribution in [3.63, 3.8) is 0 Å². The van der Waals surface area contributed by atoms with Crippen molar-refractivity contribution in [2.24, 2.45) is 0 Å². The van der Waals surface area contributed by atoms with Crippen molar-refractivity contribution >= 4 is 11.9 Å². The summed E-state index contributed by atoms with van der Waals surface area (Å²) in [5.41, 5.74) is -1.04. The third-order valence-corrected chi connectivity index (χ3v) is 2.74. The van der Waals surface area contributed by atoms with Gasteiger partial charge in [-0.25, -0.2) is 18.4 Å². The van der Waals surface area contributed by atoms with Crippen molar-refractivity contribution in [1.29, 1.82) is 0 Å².